The summed E-state index contributed by atoms with van der Waals surface area (Å²) < 4.78 is 36.5. The molecule has 11 heteroatoms. The number of allylic oxidation sites excluding steroid dienone is 2. The third-order valence-corrected chi connectivity index (χ3v) is 16.2. The monoisotopic (exact) mass is 677 g/mol. The van der Waals surface area contributed by atoms with Crippen LogP contribution in [0.3, 0.4) is 0 Å². The first-order chi connectivity index (χ1) is 22.0. The van der Waals surface area contributed by atoms with Gasteiger partial charge in [-0.25, -0.2) is 9.59 Å². The summed E-state index contributed by atoms with van der Waals surface area (Å²) in [5.74, 6) is 11.8. The van der Waals surface area contributed by atoms with Crippen LogP contribution >= 0.6 is 0 Å². The van der Waals surface area contributed by atoms with Crippen LogP contribution in [0.2, 0.25) is 43.8 Å². The Labute approximate surface area is 281 Å². The van der Waals surface area contributed by atoms with E-state index in [9.17, 15) is 9.59 Å². The Bertz CT molecular complexity index is 1650. The second-order valence-electron chi connectivity index (χ2n) is 15.2. The first kappa shape index (κ1) is 34.8. The van der Waals surface area contributed by atoms with Gasteiger partial charge in [0.1, 0.15) is 34.7 Å². The summed E-state index contributed by atoms with van der Waals surface area (Å²) >= 11 is 0. The summed E-state index contributed by atoms with van der Waals surface area (Å²) in [4.78, 5) is 29.1. The zero-order chi connectivity index (χ0) is 34.6. The van der Waals surface area contributed by atoms with Gasteiger partial charge in [-0.2, -0.15) is 0 Å². The van der Waals surface area contributed by atoms with Gasteiger partial charge in [-0.1, -0.05) is 71.0 Å². The van der Waals surface area contributed by atoms with Crippen LogP contribution in [0, 0.1) is 35.5 Å². The van der Waals surface area contributed by atoms with Gasteiger partial charge in [0.15, 0.2) is 6.79 Å². The maximum Gasteiger partial charge on any atom is 0.415 e. The van der Waals surface area contributed by atoms with Gasteiger partial charge in [-0.05, 0) is 54.5 Å². The molecule has 1 aromatic rings. The van der Waals surface area contributed by atoms with Crippen LogP contribution in [-0.4, -0.2) is 67.7 Å². The van der Waals surface area contributed by atoms with E-state index < -0.39 is 57.5 Å². The number of carbonyl (C=O) groups is 2. The number of hydrogen-bond donors (Lipinski definition) is 0. The highest BCUT2D eigenvalue weighted by Crippen LogP contribution is 2.75. The van der Waals surface area contributed by atoms with E-state index in [1.165, 1.54) is 19.1 Å². The number of amides is 1. The van der Waals surface area contributed by atoms with E-state index in [4.69, 9.17) is 28.1 Å². The van der Waals surface area contributed by atoms with Crippen LogP contribution in [0.15, 0.2) is 41.7 Å². The number of hydrogen-bond acceptors (Lipinski definition) is 8. The average Bonchev–Trinajstić information content (AvgIpc) is 3.71. The summed E-state index contributed by atoms with van der Waals surface area (Å²) in [5.41, 5.74) is -0.736. The Morgan fingerprint density at radius 1 is 1.04 bits per heavy atom. The first-order valence-corrected chi connectivity index (χ1v) is 22.7. The van der Waals surface area contributed by atoms with Gasteiger partial charge < -0.3 is 28.1 Å². The molecule has 4 bridgehead atoms. The Hall–Kier alpha value is -3.49. The molecule has 2 aliphatic heterocycles. The molecule has 252 valence electrons. The molecule has 4 aliphatic rings. The van der Waals surface area contributed by atoms with Gasteiger partial charge in [0, 0.05) is 26.2 Å². The van der Waals surface area contributed by atoms with Crippen molar-refractivity contribution >= 4 is 34.1 Å². The van der Waals surface area contributed by atoms with Crippen molar-refractivity contribution in [2.45, 2.75) is 88.8 Å². The molecule has 0 aromatic heterocycles. The SMILES string of the molecule is COC(=O)N1c2ccc(O[Si](C)(C)C(C)(C)C)cc2[C@@]23O[C@@]24[C@@H]1C#C/C=C\C#C[C@@H]3C(OC)=C(C(=O)OCOCC[Si](C)(C)C)[C@@H]4C. The molecule has 0 unspecified atom stereocenters. The fourth-order valence-corrected chi connectivity index (χ4v) is 8.36. The second kappa shape index (κ2) is 12.2. The minimum absolute atomic E-state index is 0.0456. The first-order valence-electron chi connectivity index (χ1n) is 16.1. The molecule has 1 aromatic carbocycles. The van der Waals surface area contributed by atoms with Crippen molar-refractivity contribution in [3.05, 3.63) is 47.2 Å². The third-order valence-electron chi connectivity index (χ3n) is 10.1. The van der Waals surface area contributed by atoms with E-state index in [2.05, 4.69) is 77.2 Å². The molecule has 1 saturated heterocycles. The van der Waals surface area contributed by atoms with Crippen molar-refractivity contribution < 1.29 is 37.7 Å². The molecule has 2 aliphatic carbocycles. The van der Waals surface area contributed by atoms with Crippen molar-refractivity contribution in [2.24, 2.45) is 11.8 Å². The molecular weight excluding hydrogens is 631 g/mol. The minimum atomic E-state index is -2.24. The predicted octanol–water partition coefficient (Wildman–Crippen LogP) is 6.59. The van der Waals surface area contributed by atoms with E-state index in [1.54, 1.807) is 12.2 Å². The van der Waals surface area contributed by atoms with Crippen LogP contribution in [-0.2, 0) is 34.1 Å². The van der Waals surface area contributed by atoms with E-state index in [-0.39, 0.29) is 17.4 Å². The molecule has 1 amide bonds. The summed E-state index contributed by atoms with van der Waals surface area (Å²) in [5, 5.41) is -0.0456. The zero-order valence-corrected chi connectivity index (χ0v) is 31.5. The fourth-order valence-electron chi connectivity index (χ4n) is 6.58. The van der Waals surface area contributed by atoms with Crippen LogP contribution in [0.4, 0.5) is 10.5 Å². The number of methoxy groups -OCH3 is 2. The van der Waals surface area contributed by atoms with Gasteiger partial charge in [0.2, 0.25) is 8.32 Å². The number of benzene rings is 1. The maximum absolute atomic E-state index is 13.9. The number of rotatable bonds is 9. The summed E-state index contributed by atoms with van der Waals surface area (Å²) in [7, 11) is -0.692. The molecule has 47 heavy (non-hydrogen) atoms. The van der Waals surface area contributed by atoms with E-state index in [0.29, 0.717) is 29.4 Å². The number of ether oxygens (including phenoxy) is 5. The van der Waals surface area contributed by atoms with Crippen LogP contribution in [0.5, 0.6) is 5.75 Å². The van der Waals surface area contributed by atoms with Crippen LogP contribution < -0.4 is 9.33 Å². The number of nitrogens with zero attached hydrogens (tertiary/aromatic N) is 1. The lowest BCUT2D eigenvalue weighted by atomic mass is 9.59. The highest BCUT2D eigenvalue weighted by atomic mass is 28.4. The Morgan fingerprint density at radius 3 is 2.34 bits per heavy atom. The topological polar surface area (TPSA) is 96.1 Å². The van der Waals surface area contributed by atoms with Crippen molar-refractivity contribution in [1.29, 1.82) is 0 Å². The van der Waals surface area contributed by atoms with Gasteiger partial charge in [-0.15, -0.1) is 0 Å². The van der Waals surface area contributed by atoms with Crippen molar-refractivity contribution in [2.75, 3.05) is 32.5 Å². The summed E-state index contributed by atoms with van der Waals surface area (Å²) in [6.45, 7) is 19.9. The van der Waals surface area contributed by atoms with Crippen LogP contribution in [0.1, 0.15) is 33.3 Å². The van der Waals surface area contributed by atoms with Gasteiger partial charge in [-0.3, -0.25) is 4.90 Å². The third kappa shape index (κ3) is 5.71. The summed E-state index contributed by atoms with van der Waals surface area (Å²) in [6.07, 6.45) is 2.69. The van der Waals surface area contributed by atoms with E-state index >= 15 is 0 Å². The summed E-state index contributed by atoms with van der Waals surface area (Å²) in [6, 6.07) is 5.80. The largest absolute Gasteiger partial charge is 0.543 e. The molecule has 1 fully saturated rings. The van der Waals surface area contributed by atoms with E-state index in [1.807, 2.05) is 25.1 Å². The highest BCUT2D eigenvalue weighted by molar-refractivity contribution is 6.76. The van der Waals surface area contributed by atoms with Crippen molar-refractivity contribution in [1.82, 2.24) is 0 Å². The predicted molar refractivity (Wildman–Crippen MR) is 185 cm³/mol. The average molecular weight is 678 g/mol. The normalized spacial score (nSPS) is 27.9. The molecule has 5 atom stereocenters. The molecule has 5 rings (SSSR count). The number of carbonyl (C=O) groups excluding carboxylic acids is 2. The van der Waals surface area contributed by atoms with Gasteiger partial charge in [0.25, 0.3) is 0 Å². The van der Waals surface area contributed by atoms with Crippen molar-refractivity contribution in [3.8, 4) is 29.4 Å². The molecule has 0 spiro atoms. The standard InChI is InChI=1S/C36H47NO8Si2/c1-24-30(32(38)43-23-42-20-21-46(7,8)9)31(40-5)26-16-14-12-13-15-17-29-35(24)36(26,45-35)27-22-25(44-47(10,11)34(2,3)4)18-19-28(27)37(29)33(39)41-6/h12-13,18-19,22,24,26,29H,20-21,23H2,1-11H3/b13-12-/t24-,26+,29-,35-,36+/m0/s1. The number of anilines is 1. The molecule has 0 N–H and O–H groups in total. The van der Waals surface area contributed by atoms with Crippen LogP contribution in [0.25, 0.3) is 0 Å². The highest BCUT2D eigenvalue weighted by Gasteiger charge is 2.86. The Morgan fingerprint density at radius 2 is 1.72 bits per heavy atom. The fraction of sp³-hybridized carbons (Fsp3) is 0.556. The van der Waals surface area contributed by atoms with E-state index in [0.717, 1.165) is 6.04 Å². The number of epoxide rings is 1. The molecule has 0 radical (unpaired) electrons. The quantitative estimate of drug-likeness (QED) is 0.0722. The lowest BCUT2D eigenvalue weighted by Gasteiger charge is -2.46. The lowest BCUT2D eigenvalue weighted by molar-refractivity contribution is -0.152. The number of fused-ring (bicyclic) bond motifs is 1. The van der Waals surface area contributed by atoms with Crippen molar-refractivity contribution in [3.63, 3.8) is 0 Å². The lowest BCUT2D eigenvalue weighted by Crippen LogP contribution is -2.61. The second-order valence-corrected chi connectivity index (χ2v) is 25.6. The molecule has 2 heterocycles. The Kier molecular flexibility index (Phi) is 9.04. The Balaban J connectivity index is 1.67. The van der Waals surface area contributed by atoms with Gasteiger partial charge >= 0.3 is 12.1 Å². The molecule has 9 nitrogen and oxygen atoms in total. The minimum Gasteiger partial charge on any atom is -0.543 e. The zero-order valence-electron chi connectivity index (χ0n) is 29.5. The molecule has 0 saturated carbocycles. The number of esters is 1. The molecular formula is C36H47NO8Si2. The smallest absolute Gasteiger partial charge is 0.415 e. The maximum atomic E-state index is 13.9. The van der Waals surface area contributed by atoms with Gasteiger partial charge in [0.05, 0.1) is 25.5 Å².